The van der Waals surface area contributed by atoms with Crippen molar-refractivity contribution < 1.29 is 4.39 Å². The molecule has 2 aromatic rings. The van der Waals surface area contributed by atoms with Gasteiger partial charge in [-0.15, -0.1) is 0 Å². The zero-order valence-electron chi connectivity index (χ0n) is 11.6. The van der Waals surface area contributed by atoms with E-state index in [9.17, 15) is 4.39 Å². The molecule has 0 saturated heterocycles. The molecule has 1 nitrogen and oxygen atoms in total. The van der Waals surface area contributed by atoms with Crippen LogP contribution in [-0.2, 0) is 0 Å². The lowest BCUT2D eigenvalue weighted by Crippen LogP contribution is -2.12. The summed E-state index contributed by atoms with van der Waals surface area (Å²) in [5, 5.41) is 4.21. The van der Waals surface area contributed by atoms with E-state index in [0.29, 0.717) is 15.6 Å². The fourth-order valence-corrected chi connectivity index (χ4v) is 2.68. The summed E-state index contributed by atoms with van der Waals surface area (Å²) in [4.78, 5) is 0. The highest BCUT2D eigenvalue weighted by Crippen LogP contribution is 2.34. The minimum Gasteiger partial charge on any atom is -0.313 e. The minimum atomic E-state index is -0.301. The van der Waals surface area contributed by atoms with Crippen molar-refractivity contribution in [3.05, 3.63) is 57.3 Å². The SMILES string of the molecule is CNC(C)c1ccc(-c2cc(C)c(F)cc2Cl)cc1Cl. The molecule has 2 aromatic carbocycles. The van der Waals surface area contributed by atoms with E-state index in [1.54, 1.807) is 13.0 Å². The summed E-state index contributed by atoms with van der Waals surface area (Å²) in [6, 6.07) is 9.03. The van der Waals surface area contributed by atoms with Crippen LogP contribution in [0, 0.1) is 12.7 Å². The summed E-state index contributed by atoms with van der Waals surface area (Å²) >= 11 is 12.4. The lowest BCUT2D eigenvalue weighted by Gasteiger charge is -2.14. The Hall–Kier alpha value is -1.09. The van der Waals surface area contributed by atoms with Crippen molar-refractivity contribution in [2.45, 2.75) is 19.9 Å². The van der Waals surface area contributed by atoms with Crippen LogP contribution in [0.5, 0.6) is 0 Å². The predicted octanol–water partition coefficient (Wildman–Crippen LogP) is 5.39. The summed E-state index contributed by atoms with van der Waals surface area (Å²) in [5.41, 5.74) is 3.26. The van der Waals surface area contributed by atoms with E-state index in [0.717, 1.165) is 16.7 Å². The van der Waals surface area contributed by atoms with Gasteiger partial charge in [-0.05, 0) is 55.8 Å². The fraction of sp³-hybridized carbons (Fsp3) is 0.250. The van der Waals surface area contributed by atoms with Crippen molar-refractivity contribution in [3.8, 4) is 11.1 Å². The van der Waals surface area contributed by atoms with Gasteiger partial charge < -0.3 is 5.32 Å². The average molecular weight is 312 g/mol. The van der Waals surface area contributed by atoms with Crippen LogP contribution in [0.25, 0.3) is 11.1 Å². The third-order valence-electron chi connectivity index (χ3n) is 3.46. The Kier molecular flexibility index (Phi) is 4.69. The van der Waals surface area contributed by atoms with E-state index in [1.807, 2.05) is 32.2 Å². The third kappa shape index (κ3) is 2.98. The van der Waals surface area contributed by atoms with Crippen LogP contribution in [0.2, 0.25) is 10.0 Å². The van der Waals surface area contributed by atoms with Gasteiger partial charge in [-0.25, -0.2) is 4.39 Å². The van der Waals surface area contributed by atoms with Crippen LogP contribution < -0.4 is 5.32 Å². The first-order chi connectivity index (χ1) is 9.43. The third-order valence-corrected chi connectivity index (χ3v) is 4.10. The number of benzene rings is 2. The first-order valence-corrected chi connectivity index (χ1v) is 7.12. The molecule has 1 N–H and O–H groups in total. The second kappa shape index (κ2) is 6.13. The molecule has 0 aliphatic rings. The molecule has 0 aliphatic carbocycles. The molecule has 0 aromatic heterocycles. The normalized spacial score (nSPS) is 12.5. The maximum atomic E-state index is 13.5. The van der Waals surface area contributed by atoms with Crippen LogP contribution in [0.15, 0.2) is 30.3 Å². The van der Waals surface area contributed by atoms with Crippen LogP contribution >= 0.6 is 23.2 Å². The number of hydrogen-bond donors (Lipinski definition) is 1. The van der Waals surface area contributed by atoms with Crippen molar-refractivity contribution in [2.75, 3.05) is 7.05 Å². The van der Waals surface area contributed by atoms with Crippen molar-refractivity contribution in [3.63, 3.8) is 0 Å². The van der Waals surface area contributed by atoms with E-state index >= 15 is 0 Å². The second-order valence-electron chi connectivity index (χ2n) is 4.83. The van der Waals surface area contributed by atoms with E-state index in [4.69, 9.17) is 23.2 Å². The van der Waals surface area contributed by atoms with Crippen molar-refractivity contribution in [1.29, 1.82) is 0 Å². The second-order valence-corrected chi connectivity index (χ2v) is 5.64. The Morgan fingerprint density at radius 2 is 1.80 bits per heavy atom. The zero-order chi connectivity index (χ0) is 14.9. The minimum absolute atomic E-state index is 0.168. The molecule has 0 heterocycles. The van der Waals surface area contributed by atoms with Crippen LogP contribution in [0.3, 0.4) is 0 Å². The lowest BCUT2D eigenvalue weighted by atomic mass is 9.99. The van der Waals surface area contributed by atoms with Gasteiger partial charge in [0.2, 0.25) is 0 Å². The van der Waals surface area contributed by atoms with Crippen molar-refractivity contribution in [2.24, 2.45) is 0 Å². The van der Waals surface area contributed by atoms with E-state index < -0.39 is 0 Å². The van der Waals surface area contributed by atoms with Gasteiger partial charge >= 0.3 is 0 Å². The molecule has 0 amide bonds. The largest absolute Gasteiger partial charge is 0.313 e. The summed E-state index contributed by atoms with van der Waals surface area (Å²) in [6.07, 6.45) is 0. The summed E-state index contributed by atoms with van der Waals surface area (Å²) in [7, 11) is 1.88. The quantitative estimate of drug-likeness (QED) is 0.801. The number of rotatable bonds is 3. The Balaban J connectivity index is 2.49. The van der Waals surface area contributed by atoms with Crippen molar-refractivity contribution in [1.82, 2.24) is 5.32 Å². The smallest absolute Gasteiger partial charge is 0.127 e. The van der Waals surface area contributed by atoms with Gasteiger partial charge in [0, 0.05) is 16.6 Å². The highest BCUT2D eigenvalue weighted by atomic mass is 35.5. The molecule has 4 heteroatoms. The molecule has 106 valence electrons. The van der Waals surface area contributed by atoms with Gasteiger partial charge in [0.1, 0.15) is 5.82 Å². The summed E-state index contributed by atoms with van der Waals surface area (Å²) < 4.78 is 13.5. The highest BCUT2D eigenvalue weighted by Gasteiger charge is 2.12. The monoisotopic (exact) mass is 311 g/mol. The maximum Gasteiger partial charge on any atom is 0.127 e. The van der Waals surface area contributed by atoms with Gasteiger partial charge in [0.15, 0.2) is 0 Å². The molecule has 0 fully saturated rings. The number of halogens is 3. The fourth-order valence-electron chi connectivity index (χ4n) is 2.08. The van der Waals surface area contributed by atoms with Gasteiger partial charge in [-0.2, -0.15) is 0 Å². The topological polar surface area (TPSA) is 12.0 Å². The Morgan fingerprint density at radius 1 is 1.10 bits per heavy atom. The van der Waals surface area contributed by atoms with Gasteiger partial charge in [-0.3, -0.25) is 0 Å². The molecule has 2 rings (SSSR count). The highest BCUT2D eigenvalue weighted by molar-refractivity contribution is 6.34. The predicted molar refractivity (Wildman–Crippen MR) is 84.1 cm³/mol. The molecular weight excluding hydrogens is 296 g/mol. The molecule has 0 saturated carbocycles. The summed E-state index contributed by atoms with van der Waals surface area (Å²) in [5.74, 6) is -0.301. The Bertz CT molecular complexity index is 641. The van der Waals surface area contributed by atoms with E-state index in [1.165, 1.54) is 6.07 Å². The van der Waals surface area contributed by atoms with Crippen molar-refractivity contribution >= 4 is 23.2 Å². The number of nitrogens with one attached hydrogen (secondary N) is 1. The average Bonchev–Trinajstić information content (AvgIpc) is 2.42. The van der Waals surface area contributed by atoms with Crippen LogP contribution in [0.1, 0.15) is 24.1 Å². The molecule has 1 atom stereocenters. The number of aryl methyl sites for hydroxylation is 1. The summed E-state index contributed by atoms with van der Waals surface area (Å²) in [6.45, 7) is 3.75. The van der Waals surface area contributed by atoms with Crippen LogP contribution in [0.4, 0.5) is 4.39 Å². The molecule has 20 heavy (non-hydrogen) atoms. The molecule has 0 spiro atoms. The van der Waals surface area contributed by atoms with Gasteiger partial charge in [-0.1, -0.05) is 35.3 Å². The first-order valence-electron chi connectivity index (χ1n) is 6.36. The molecule has 0 bridgehead atoms. The van der Waals surface area contributed by atoms with E-state index in [-0.39, 0.29) is 11.9 Å². The Labute approximate surface area is 128 Å². The maximum absolute atomic E-state index is 13.5. The molecule has 0 aliphatic heterocycles. The standard InChI is InChI=1S/C16H16Cl2FN/c1-9-6-13(15(18)8-16(9)19)11-4-5-12(10(2)20-3)14(17)7-11/h4-8,10,20H,1-3H3. The Morgan fingerprint density at radius 3 is 2.40 bits per heavy atom. The van der Waals surface area contributed by atoms with Gasteiger partial charge in [0.05, 0.1) is 5.02 Å². The lowest BCUT2D eigenvalue weighted by molar-refractivity contribution is 0.619. The van der Waals surface area contributed by atoms with E-state index in [2.05, 4.69) is 5.32 Å². The zero-order valence-corrected chi connectivity index (χ0v) is 13.1. The van der Waals surface area contributed by atoms with Gasteiger partial charge in [0.25, 0.3) is 0 Å². The van der Waals surface area contributed by atoms with Crippen LogP contribution in [-0.4, -0.2) is 7.05 Å². The molecular formula is C16H16Cl2FN. The molecule has 0 radical (unpaired) electrons. The molecule has 1 unspecified atom stereocenters. The first kappa shape index (κ1) is 15.3. The number of hydrogen-bond acceptors (Lipinski definition) is 1.